The number of hydrogen-bond donors (Lipinski definition) is 3. The van der Waals surface area contributed by atoms with Crippen LogP contribution in [0.2, 0.25) is 0 Å². The highest BCUT2D eigenvalue weighted by molar-refractivity contribution is 5.41. The monoisotopic (exact) mass is 190 g/mol. The number of aliphatic hydroxyl groups is 1. The van der Waals surface area contributed by atoms with E-state index in [0.717, 1.165) is 6.20 Å². The number of aromatic nitrogens is 1. The van der Waals surface area contributed by atoms with Crippen LogP contribution >= 0.6 is 0 Å². The molecule has 0 aliphatic carbocycles. The molecule has 1 rings (SSSR count). The first kappa shape index (κ1) is 9.66. The molecule has 0 unspecified atom stereocenters. The fourth-order valence-corrected chi connectivity index (χ4v) is 0.938. The van der Waals surface area contributed by atoms with Gasteiger partial charge >= 0.3 is 0 Å². The molecule has 0 saturated carbocycles. The number of aromatic amines is 1. The largest absolute Gasteiger partial charge is 0.391 e. The van der Waals surface area contributed by atoms with Crippen LogP contribution in [0.4, 0.5) is 14.6 Å². The number of pyridine rings is 1. The van der Waals surface area contributed by atoms with E-state index in [-0.39, 0.29) is 11.4 Å². The number of nitrogens with two attached hydrogens (primary N) is 1. The zero-order valence-electron chi connectivity index (χ0n) is 6.55. The van der Waals surface area contributed by atoms with E-state index in [0.29, 0.717) is 0 Å². The van der Waals surface area contributed by atoms with Crippen LogP contribution in [0.3, 0.4) is 0 Å². The van der Waals surface area contributed by atoms with E-state index in [2.05, 4.69) is 4.98 Å². The summed E-state index contributed by atoms with van der Waals surface area (Å²) >= 11 is 0. The molecule has 1 heterocycles. The van der Waals surface area contributed by atoms with Gasteiger partial charge in [-0.3, -0.25) is 4.79 Å². The van der Waals surface area contributed by atoms with Gasteiger partial charge in [0.25, 0.3) is 6.43 Å². The topological polar surface area (TPSA) is 79.1 Å². The summed E-state index contributed by atoms with van der Waals surface area (Å²) < 4.78 is 24.4. The number of nitrogens with one attached hydrogen (secondary N) is 1. The van der Waals surface area contributed by atoms with Gasteiger partial charge in [0.2, 0.25) is 0 Å². The molecule has 6 heteroatoms. The highest BCUT2D eigenvalue weighted by atomic mass is 19.3. The molecule has 0 amide bonds. The van der Waals surface area contributed by atoms with Gasteiger partial charge in [-0.25, -0.2) is 8.78 Å². The first-order valence-electron chi connectivity index (χ1n) is 3.47. The van der Waals surface area contributed by atoms with Gasteiger partial charge in [0.1, 0.15) is 11.4 Å². The smallest absolute Gasteiger partial charge is 0.271 e. The summed E-state index contributed by atoms with van der Waals surface area (Å²) in [6.45, 7) is -0.588. The summed E-state index contributed by atoms with van der Waals surface area (Å²) in [5.41, 5.74) is 3.31. The van der Waals surface area contributed by atoms with E-state index < -0.39 is 24.0 Å². The van der Waals surface area contributed by atoms with Gasteiger partial charge < -0.3 is 15.8 Å². The summed E-state index contributed by atoms with van der Waals surface area (Å²) in [5, 5.41) is 8.61. The lowest BCUT2D eigenvalue weighted by atomic mass is 10.2. The van der Waals surface area contributed by atoms with E-state index in [1.807, 2.05) is 0 Å². The highest BCUT2D eigenvalue weighted by Crippen LogP contribution is 2.19. The van der Waals surface area contributed by atoms with Crippen LogP contribution in [-0.4, -0.2) is 10.1 Å². The Morgan fingerprint density at radius 1 is 1.62 bits per heavy atom. The standard InChI is InChI=1S/C7H8F2N2O2/c8-6(9)4-5(13)3(2-12)1-11-7(4)10/h1,6,12H,2H2,(H3,10,11,13). The number of rotatable bonds is 2. The molecule has 4 N–H and O–H groups in total. The second kappa shape index (κ2) is 3.53. The van der Waals surface area contributed by atoms with Crippen molar-refractivity contribution in [2.24, 2.45) is 0 Å². The molecule has 0 saturated heterocycles. The maximum absolute atomic E-state index is 12.2. The van der Waals surface area contributed by atoms with Crippen LogP contribution in [0.25, 0.3) is 0 Å². The maximum atomic E-state index is 12.2. The third kappa shape index (κ3) is 1.67. The van der Waals surface area contributed by atoms with Crippen molar-refractivity contribution >= 4 is 5.82 Å². The Labute approximate surface area is 72.0 Å². The molecule has 0 aliphatic rings. The lowest BCUT2D eigenvalue weighted by Gasteiger charge is -2.04. The second-order valence-electron chi connectivity index (χ2n) is 2.43. The molecule has 0 spiro atoms. The Morgan fingerprint density at radius 2 is 2.23 bits per heavy atom. The number of alkyl halides is 2. The van der Waals surface area contributed by atoms with Crippen molar-refractivity contribution in [2.45, 2.75) is 13.0 Å². The maximum Gasteiger partial charge on any atom is 0.271 e. The Bertz CT molecular complexity index is 362. The molecule has 1 aromatic heterocycles. The number of H-pyrrole nitrogens is 1. The molecule has 72 valence electrons. The molecular formula is C7H8F2N2O2. The first-order chi connectivity index (χ1) is 6.07. The van der Waals surface area contributed by atoms with Crippen LogP contribution in [0, 0.1) is 0 Å². The third-order valence-electron chi connectivity index (χ3n) is 1.62. The fraction of sp³-hybridized carbons (Fsp3) is 0.286. The predicted octanol–water partition coefficient (Wildman–Crippen LogP) is 0.387. The molecule has 0 bridgehead atoms. The Hall–Kier alpha value is -1.43. The normalized spacial score (nSPS) is 10.8. The summed E-state index contributed by atoms with van der Waals surface area (Å²) in [4.78, 5) is 13.4. The minimum absolute atomic E-state index is 0.121. The summed E-state index contributed by atoms with van der Waals surface area (Å²) in [6, 6.07) is 0. The SMILES string of the molecule is Nc1[nH]cc(CO)c(=O)c1C(F)F. The van der Waals surface area contributed by atoms with Crippen molar-refractivity contribution in [2.75, 3.05) is 5.73 Å². The third-order valence-corrected chi connectivity index (χ3v) is 1.62. The molecule has 4 nitrogen and oxygen atoms in total. The Balaban J connectivity index is 3.39. The summed E-state index contributed by atoms with van der Waals surface area (Å²) in [5.74, 6) is -0.364. The van der Waals surface area contributed by atoms with E-state index >= 15 is 0 Å². The van der Waals surface area contributed by atoms with E-state index in [4.69, 9.17) is 10.8 Å². The van der Waals surface area contributed by atoms with Crippen molar-refractivity contribution in [1.82, 2.24) is 4.98 Å². The van der Waals surface area contributed by atoms with Crippen molar-refractivity contribution in [3.8, 4) is 0 Å². The zero-order valence-corrected chi connectivity index (χ0v) is 6.55. The van der Waals surface area contributed by atoms with Gasteiger partial charge in [0.15, 0.2) is 5.43 Å². The minimum atomic E-state index is -2.93. The van der Waals surface area contributed by atoms with Crippen LogP contribution < -0.4 is 11.2 Å². The first-order valence-corrected chi connectivity index (χ1v) is 3.47. The Morgan fingerprint density at radius 3 is 2.69 bits per heavy atom. The average Bonchev–Trinajstić information content (AvgIpc) is 2.04. The van der Waals surface area contributed by atoms with Crippen molar-refractivity contribution < 1.29 is 13.9 Å². The number of aliphatic hydroxyl groups excluding tert-OH is 1. The second-order valence-corrected chi connectivity index (χ2v) is 2.43. The van der Waals surface area contributed by atoms with Gasteiger partial charge in [-0.05, 0) is 0 Å². The minimum Gasteiger partial charge on any atom is -0.391 e. The van der Waals surface area contributed by atoms with Crippen LogP contribution in [0.15, 0.2) is 11.0 Å². The Kier molecular flexibility index (Phi) is 2.62. The van der Waals surface area contributed by atoms with Crippen molar-refractivity contribution in [3.63, 3.8) is 0 Å². The molecule has 0 aliphatic heterocycles. The van der Waals surface area contributed by atoms with Crippen LogP contribution in [-0.2, 0) is 6.61 Å². The predicted molar refractivity (Wildman–Crippen MR) is 42.4 cm³/mol. The molecule has 0 aromatic carbocycles. The fourth-order valence-electron chi connectivity index (χ4n) is 0.938. The van der Waals surface area contributed by atoms with E-state index in [1.165, 1.54) is 0 Å². The van der Waals surface area contributed by atoms with E-state index in [9.17, 15) is 13.6 Å². The van der Waals surface area contributed by atoms with Gasteiger partial charge in [-0.2, -0.15) is 0 Å². The molecule has 1 aromatic rings. The average molecular weight is 190 g/mol. The van der Waals surface area contributed by atoms with Gasteiger partial charge in [0.05, 0.1) is 6.61 Å². The van der Waals surface area contributed by atoms with Crippen molar-refractivity contribution in [3.05, 3.63) is 27.5 Å². The van der Waals surface area contributed by atoms with Gasteiger partial charge in [-0.15, -0.1) is 0 Å². The molecule has 0 atom stereocenters. The lowest BCUT2D eigenvalue weighted by Crippen LogP contribution is -2.18. The zero-order chi connectivity index (χ0) is 10.0. The van der Waals surface area contributed by atoms with E-state index in [1.54, 1.807) is 0 Å². The van der Waals surface area contributed by atoms with Crippen molar-refractivity contribution in [1.29, 1.82) is 0 Å². The number of nitrogen functional groups attached to an aromatic ring is 1. The summed E-state index contributed by atoms with van der Waals surface area (Å²) in [7, 11) is 0. The quantitative estimate of drug-likeness (QED) is 0.631. The van der Waals surface area contributed by atoms with Crippen LogP contribution in [0.5, 0.6) is 0 Å². The lowest BCUT2D eigenvalue weighted by molar-refractivity contribution is 0.150. The number of halogens is 2. The number of hydrogen-bond acceptors (Lipinski definition) is 3. The molecule has 0 radical (unpaired) electrons. The molecular weight excluding hydrogens is 182 g/mol. The molecule has 0 fully saturated rings. The van der Waals surface area contributed by atoms with Gasteiger partial charge in [-0.1, -0.05) is 0 Å². The molecule has 13 heavy (non-hydrogen) atoms. The van der Waals surface area contributed by atoms with Crippen LogP contribution in [0.1, 0.15) is 17.6 Å². The summed E-state index contributed by atoms with van der Waals surface area (Å²) in [6.07, 6.45) is -1.82. The van der Waals surface area contributed by atoms with Gasteiger partial charge in [0, 0.05) is 11.8 Å². The highest BCUT2D eigenvalue weighted by Gasteiger charge is 2.18. The number of anilines is 1.